The van der Waals surface area contributed by atoms with E-state index in [1.54, 1.807) is 13.1 Å². The second kappa shape index (κ2) is 7.03. The zero-order valence-corrected chi connectivity index (χ0v) is 12.0. The van der Waals surface area contributed by atoms with E-state index in [-0.39, 0.29) is 6.54 Å². The zero-order chi connectivity index (χ0) is 15.2. The Bertz CT molecular complexity index is 484. The van der Waals surface area contributed by atoms with Crippen LogP contribution in [0, 0.1) is 0 Å². The zero-order valence-electron chi connectivity index (χ0n) is 12.0. The van der Waals surface area contributed by atoms with Crippen LogP contribution in [0.2, 0.25) is 0 Å². The number of aliphatic hydroxyl groups is 1. The summed E-state index contributed by atoms with van der Waals surface area (Å²) in [5.41, 5.74) is 0. The van der Waals surface area contributed by atoms with Crippen molar-refractivity contribution in [1.29, 1.82) is 0 Å². The Labute approximate surface area is 123 Å². The third-order valence-electron chi connectivity index (χ3n) is 3.29. The predicted molar refractivity (Wildman–Crippen MR) is 77.7 cm³/mol. The van der Waals surface area contributed by atoms with E-state index >= 15 is 0 Å². The Morgan fingerprint density at radius 1 is 1.33 bits per heavy atom. The van der Waals surface area contributed by atoms with Gasteiger partial charge in [0.25, 0.3) is 0 Å². The van der Waals surface area contributed by atoms with Gasteiger partial charge < -0.3 is 20.2 Å². The molecule has 0 aromatic carbocycles. The lowest BCUT2D eigenvalue weighted by molar-refractivity contribution is -0.146. The first kappa shape index (κ1) is 15.2. The highest BCUT2D eigenvalue weighted by Gasteiger charge is 2.26. The highest BCUT2D eigenvalue weighted by atomic mass is 16.3. The van der Waals surface area contributed by atoms with Crippen LogP contribution in [0.15, 0.2) is 24.4 Å². The van der Waals surface area contributed by atoms with E-state index < -0.39 is 17.9 Å². The first-order valence-corrected chi connectivity index (χ1v) is 6.99. The van der Waals surface area contributed by atoms with Crippen LogP contribution >= 0.6 is 0 Å². The molecular formula is C14H20N4O3. The lowest BCUT2D eigenvalue weighted by Crippen LogP contribution is -2.53. The Hall–Kier alpha value is -2.15. The van der Waals surface area contributed by atoms with Gasteiger partial charge in [-0.15, -0.1) is 0 Å². The van der Waals surface area contributed by atoms with Gasteiger partial charge in [-0.25, -0.2) is 4.98 Å². The summed E-state index contributed by atoms with van der Waals surface area (Å²) in [5, 5.41) is 11.5. The molecule has 21 heavy (non-hydrogen) atoms. The Kier molecular flexibility index (Phi) is 5.10. The summed E-state index contributed by atoms with van der Waals surface area (Å²) in [5.74, 6) is -0.332. The molecule has 0 spiro atoms. The smallest absolute Gasteiger partial charge is 0.312 e. The minimum Gasteiger partial charge on any atom is -0.392 e. The van der Waals surface area contributed by atoms with Gasteiger partial charge in [0.05, 0.1) is 6.10 Å². The summed E-state index contributed by atoms with van der Waals surface area (Å²) < 4.78 is 0. The van der Waals surface area contributed by atoms with Crippen LogP contribution < -0.4 is 10.2 Å². The van der Waals surface area contributed by atoms with E-state index in [0.29, 0.717) is 26.2 Å². The largest absolute Gasteiger partial charge is 0.392 e. The molecular weight excluding hydrogens is 272 g/mol. The summed E-state index contributed by atoms with van der Waals surface area (Å²) in [7, 11) is 0. The fourth-order valence-corrected chi connectivity index (χ4v) is 2.14. The first-order valence-electron chi connectivity index (χ1n) is 6.99. The Morgan fingerprint density at radius 3 is 2.62 bits per heavy atom. The van der Waals surface area contributed by atoms with E-state index in [9.17, 15) is 9.59 Å². The summed E-state index contributed by atoms with van der Waals surface area (Å²) in [4.78, 5) is 31.5. The molecule has 2 N–H and O–H groups in total. The molecule has 2 heterocycles. The molecule has 7 nitrogen and oxygen atoms in total. The van der Waals surface area contributed by atoms with Gasteiger partial charge in [0.15, 0.2) is 0 Å². The summed E-state index contributed by atoms with van der Waals surface area (Å²) in [6.07, 6.45) is 1.07. The molecule has 1 aromatic heterocycles. The molecule has 2 amide bonds. The number of rotatable bonds is 3. The second-order valence-electron chi connectivity index (χ2n) is 5.03. The number of nitrogens with one attached hydrogen (secondary N) is 1. The van der Waals surface area contributed by atoms with Crippen LogP contribution in [0.25, 0.3) is 0 Å². The molecule has 1 aliphatic heterocycles. The van der Waals surface area contributed by atoms with Crippen molar-refractivity contribution < 1.29 is 14.7 Å². The number of hydrogen-bond donors (Lipinski definition) is 2. The maximum atomic E-state index is 12.0. The molecule has 1 unspecified atom stereocenters. The maximum absolute atomic E-state index is 12.0. The number of carbonyl (C=O) groups excluding carboxylic acids is 2. The molecule has 1 atom stereocenters. The SMILES string of the molecule is CC(O)CNC(=O)C(=O)N1CCN(c2ccccn2)CC1. The molecule has 7 heteroatoms. The quantitative estimate of drug-likeness (QED) is 0.714. The minimum atomic E-state index is -0.665. The van der Waals surface area contributed by atoms with Crippen LogP contribution in [0.1, 0.15) is 6.92 Å². The monoisotopic (exact) mass is 292 g/mol. The molecule has 2 rings (SSSR count). The second-order valence-corrected chi connectivity index (χ2v) is 5.03. The number of aliphatic hydroxyl groups excluding tert-OH is 1. The maximum Gasteiger partial charge on any atom is 0.312 e. The summed E-state index contributed by atoms with van der Waals surface area (Å²) in [6, 6.07) is 5.70. The van der Waals surface area contributed by atoms with Crippen LogP contribution in [0.5, 0.6) is 0 Å². The average molecular weight is 292 g/mol. The van der Waals surface area contributed by atoms with E-state index in [2.05, 4.69) is 15.2 Å². The highest BCUT2D eigenvalue weighted by Crippen LogP contribution is 2.12. The summed E-state index contributed by atoms with van der Waals surface area (Å²) >= 11 is 0. The normalized spacial score (nSPS) is 16.5. The molecule has 0 saturated carbocycles. The topological polar surface area (TPSA) is 85.8 Å². The van der Waals surface area contributed by atoms with Crippen molar-refractivity contribution in [3.8, 4) is 0 Å². The molecule has 114 valence electrons. The van der Waals surface area contributed by atoms with E-state index in [1.807, 2.05) is 18.2 Å². The van der Waals surface area contributed by atoms with E-state index in [4.69, 9.17) is 5.11 Å². The van der Waals surface area contributed by atoms with E-state index in [1.165, 1.54) is 4.90 Å². The lowest BCUT2D eigenvalue weighted by Gasteiger charge is -2.35. The van der Waals surface area contributed by atoms with Gasteiger partial charge in [-0.2, -0.15) is 0 Å². The standard InChI is InChI=1S/C14H20N4O3/c1-11(19)10-16-13(20)14(21)18-8-6-17(7-9-18)12-4-2-3-5-15-12/h2-5,11,19H,6-10H2,1H3,(H,16,20). The van der Waals surface area contributed by atoms with Crippen molar-refractivity contribution in [3.05, 3.63) is 24.4 Å². The van der Waals surface area contributed by atoms with Crippen LogP contribution in [-0.4, -0.2) is 65.6 Å². The third kappa shape index (κ3) is 4.16. The van der Waals surface area contributed by atoms with Gasteiger partial charge in [0.2, 0.25) is 0 Å². The molecule has 0 bridgehead atoms. The number of carbonyl (C=O) groups is 2. The van der Waals surface area contributed by atoms with Gasteiger partial charge in [-0.05, 0) is 19.1 Å². The molecule has 1 fully saturated rings. The minimum absolute atomic E-state index is 0.0818. The lowest BCUT2D eigenvalue weighted by atomic mass is 10.3. The van der Waals surface area contributed by atoms with Gasteiger partial charge in [-0.3, -0.25) is 9.59 Å². The number of nitrogens with zero attached hydrogens (tertiary/aromatic N) is 3. The molecule has 0 radical (unpaired) electrons. The first-order chi connectivity index (χ1) is 10.1. The van der Waals surface area contributed by atoms with Crippen molar-refractivity contribution >= 4 is 17.6 Å². The molecule has 1 saturated heterocycles. The van der Waals surface area contributed by atoms with Gasteiger partial charge in [-0.1, -0.05) is 6.07 Å². The average Bonchev–Trinajstić information content (AvgIpc) is 2.53. The number of amides is 2. The Balaban J connectivity index is 1.83. The van der Waals surface area contributed by atoms with Crippen LogP contribution in [-0.2, 0) is 9.59 Å². The Morgan fingerprint density at radius 2 is 2.05 bits per heavy atom. The van der Waals surface area contributed by atoms with Gasteiger partial charge in [0.1, 0.15) is 5.82 Å². The highest BCUT2D eigenvalue weighted by molar-refractivity contribution is 6.35. The number of anilines is 1. The van der Waals surface area contributed by atoms with Crippen molar-refractivity contribution in [2.24, 2.45) is 0 Å². The fraction of sp³-hybridized carbons (Fsp3) is 0.500. The molecule has 0 aliphatic carbocycles. The van der Waals surface area contributed by atoms with Gasteiger partial charge in [0, 0.05) is 38.9 Å². The van der Waals surface area contributed by atoms with Crippen molar-refractivity contribution in [1.82, 2.24) is 15.2 Å². The third-order valence-corrected chi connectivity index (χ3v) is 3.29. The fourth-order valence-electron chi connectivity index (χ4n) is 2.14. The van der Waals surface area contributed by atoms with Gasteiger partial charge >= 0.3 is 11.8 Å². The number of aromatic nitrogens is 1. The van der Waals surface area contributed by atoms with E-state index in [0.717, 1.165) is 5.82 Å². The number of pyridine rings is 1. The van der Waals surface area contributed by atoms with Crippen LogP contribution in [0.3, 0.4) is 0 Å². The summed E-state index contributed by atoms with van der Waals surface area (Å²) in [6.45, 7) is 3.89. The number of piperazine rings is 1. The molecule has 1 aliphatic rings. The van der Waals surface area contributed by atoms with Crippen LogP contribution in [0.4, 0.5) is 5.82 Å². The van der Waals surface area contributed by atoms with Crippen molar-refractivity contribution in [2.45, 2.75) is 13.0 Å². The van der Waals surface area contributed by atoms with Crippen molar-refractivity contribution in [2.75, 3.05) is 37.6 Å². The van der Waals surface area contributed by atoms with Crippen molar-refractivity contribution in [3.63, 3.8) is 0 Å². The predicted octanol–water partition coefficient (Wildman–Crippen LogP) is -0.773. The molecule has 1 aromatic rings. The number of hydrogen-bond acceptors (Lipinski definition) is 5.